The summed E-state index contributed by atoms with van der Waals surface area (Å²) in [5, 5.41) is 2.98. The monoisotopic (exact) mass is 366 g/mol. The zero-order chi connectivity index (χ0) is 18.2. The van der Waals surface area contributed by atoms with Gasteiger partial charge in [0.1, 0.15) is 17.8 Å². The molecule has 1 N–H and O–H groups in total. The van der Waals surface area contributed by atoms with E-state index >= 15 is 0 Å². The van der Waals surface area contributed by atoms with Crippen LogP contribution in [0.2, 0.25) is 0 Å². The summed E-state index contributed by atoms with van der Waals surface area (Å²) in [6.07, 6.45) is 12.2. The topological polar surface area (TPSA) is 87.9 Å². The quantitative estimate of drug-likeness (QED) is 0.735. The molecule has 0 spiro atoms. The zero-order valence-electron chi connectivity index (χ0n) is 15.0. The molecule has 5 rings (SSSR count). The van der Waals surface area contributed by atoms with Gasteiger partial charge in [-0.25, -0.2) is 15.0 Å². The molecule has 0 unspecified atom stereocenters. The molecule has 1 saturated carbocycles. The number of aromatic nitrogens is 6. The molecule has 9 heteroatoms. The fraction of sp³-hybridized carbons (Fsp3) is 0.444. The van der Waals surface area contributed by atoms with Gasteiger partial charge in [-0.1, -0.05) is 6.42 Å². The van der Waals surface area contributed by atoms with Crippen molar-refractivity contribution < 1.29 is 0 Å². The zero-order valence-corrected chi connectivity index (χ0v) is 15.0. The highest BCUT2D eigenvalue weighted by Crippen LogP contribution is 2.26. The summed E-state index contributed by atoms with van der Waals surface area (Å²) in [6, 6.07) is 2.65. The van der Waals surface area contributed by atoms with Crippen molar-refractivity contribution in [3.63, 3.8) is 0 Å². The first-order valence-electron chi connectivity index (χ1n) is 9.40. The Morgan fingerprint density at radius 1 is 1.07 bits per heavy atom. The van der Waals surface area contributed by atoms with Crippen molar-refractivity contribution >= 4 is 5.82 Å². The van der Waals surface area contributed by atoms with Crippen molar-refractivity contribution in [1.29, 1.82) is 0 Å². The van der Waals surface area contributed by atoms with Crippen LogP contribution in [0, 0.1) is 0 Å². The molecule has 0 aromatic carbocycles. The molecular weight excluding hydrogens is 344 g/mol. The molecule has 9 nitrogen and oxygen atoms in total. The minimum atomic E-state index is -0.174. The Morgan fingerprint density at radius 2 is 1.89 bits per heavy atom. The predicted molar refractivity (Wildman–Crippen MR) is 101 cm³/mol. The Balaban J connectivity index is 1.36. The van der Waals surface area contributed by atoms with E-state index in [2.05, 4.69) is 29.9 Å². The summed E-state index contributed by atoms with van der Waals surface area (Å²) >= 11 is 0. The van der Waals surface area contributed by atoms with Crippen LogP contribution in [-0.2, 0) is 0 Å². The van der Waals surface area contributed by atoms with E-state index in [4.69, 9.17) is 0 Å². The minimum absolute atomic E-state index is 0.174. The molecule has 3 aromatic rings. The number of aromatic amines is 1. The third-order valence-electron chi connectivity index (χ3n) is 5.63. The molecule has 1 saturated heterocycles. The summed E-state index contributed by atoms with van der Waals surface area (Å²) in [7, 11) is 0. The summed E-state index contributed by atoms with van der Waals surface area (Å²) in [6.45, 7) is 4.04. The highest BCUT2D eigenvalue weighted by Gasteiger charge is 2.28. The molecule has 2 aliphatic rings. The second-order valence-electron chi connectivity index (χ2n) is 7.11. The number of H-pyrrole nitrogens is 1. The summed E-state index contributed by atoms with van der Waals surface area (Å²) in [5.41, 5.74) is 0.328. The van der Waals surface area contributed by atoms with E-state index in [0.717, 1.165) is 38.0 Å². The molecule has 27 heavy (non-hydrogen) atoms. The van der Waals surface area contributed by atoms with Gasteiger partial charge in [-0.15, -0.1) is 0 Å². The summed E-state index contributed by atoms with van der Waals surface area (Å²) < 4.78 is 3.11. The fourth-order valence-corrected chi connectivity index (χ4v) is 3.82. The highest BCUT2D eigenvalue weighted by atomic mass is 16.1. The van der Waals surface area contributed by atoms with Gasteiger partial charge in [-0.2, -0.15) is 4.68 Å². The highest BCUT2D eigenvalue weighted by molar-refractivity contribution is 5.44. The largest absolute Gasteiger partial charge is 0.354 e. The maximum atomic E-state index is 12.7. The van der Waals surface area contributed by atoms with E-state index in [1.807, 2.05) is 6.07 Å². The molecule has 0 atom stereocenters. The SMILES string of the molecule is O=c1c(-n2ccnc2)c[nH]n1-c1cc(N2CCN(C3CCC3)CC2)ncn1. The average Bonchev–Trinajstić information content (AvgIpc) is 3.30. The van der Waals surface area contributed by atoms with Crippen molar-refractivity contribution in [3.8, 4) is 11.5 Å². The van der Waals surface area contributed by atoms with E-state index in [9.17, 15) is 4.79 Å². The molecule has 2 fully saturated rings. The maximum Gasteiger partial charge on any atom is 0.296 e. The Bertz CT molecular complexity index is 963. The van der Waals surface area contributed by atoms with Crippen LogP contribution in [0.4, 0.5) is 5.82 Å². The molecular formula is C18H22N8O. The average molecular weight is 366 g/mol. The van der Waals surface area contributed by atoms with Crippen LogP contribution in [0.1, 0.15) is 19.3 Å². The molecule has 0 amide bonds. The maximum absolute atomic E-state index is 12.7. The fourth-order valence-electron chi connectivity index (χ4n) is 3.82. The third kappa shape index (κ3) is 2.93. The first-order valence-corrected chi connectivity index (χ1v) is 9.40. The van der Waals surface area contributed by atoms with E-state index in [1.165, 1.54) is 30.3 Å². The third-order valence-corrected chi connectivity index (χ3v) is 5.63. The van der Waals surface area contributed by atoms with Crippen LogP contribution in [-0.4, -0.2) is 66.4 Å². The van der Waals surface area contributed by atoms with Gasteiger partial charge in [0.05, 0.1) is 6.33 Å². The number of hydrogen-bond donors (Lipinski definition) is 1. The number of nitrogens with zero attached hydrogens (tertiary/aromatic N) is 7. The first-order chi connectivity index (χ1) is 13.3. The lowest BCUT2D eigenvalue weighted by atomic mass is 9.91. The van der Waals surface area contributed by atoms with Gasteiger partial charge < -0.3 is 4.90 Å². The molecule has 1 aliphatic carbocycles. The Morgan fingerprint density at radius 3 is 2.59 bits per heavy atom. The molecule has 140 valence electrons. The van der Waals surface area contributed by atoms with E-state index in [-0.39, 0.29) is 5.56 Å². The molecule has 3 aromatic heterocycles. The summed E-state index contributed by atoms with van der Waals surface area (Å²) in [4.78, 5) is 30.3. The normalized spacial score (nSPS) is 18.6. The van der Waals surface area contributed by atoms with Crippen LogP contribution < -0.4 is 10.5 Å². The van der Waals surface area contributed by atoms with Gasteiger partial charge in [0.15, 0.2) is 5.82 Å². The van der Waals surface area contributed by atoms with E-state index in [1.54, 1.807) is 29.5 Å². The lowest BCUT2D eigenvalue weighted by molar-refractivity contribution is 0.120. The number of piperazine rings is 1. The number of anilines is 1. The second-order valence-corrected chi connectivity index (χ2v) is 7.11. The van der Waals surface area contributed by atoms with Crippen molar-refractivity contribution in [3.05, 3.63) is 47.7 Å². The predicted octanol–water partition coefficient (Wildman–Crippen LogP) is 0.816. The lowest BCUT2D eigenvalue weighted by Gasteiger charge is -2.43. The van der Waals surface area contributed by atoms with Gasteiger partial charge >= 0.3 is 0 Å². The number of imidazole rings is 1. The van der Waals surface area contributed by atoms with Crippen LogP contribution in [0.5, 0.6) is 0 Å². The number of nitrogens with one attached hydrogen (secondary N) is 1. The Labute approximate surface area is 156 Å². The Hall–Kier alpha value is -2.94. The van der Waals surface area contributed by atoms with Gasteiger partial charge in [-0.05, 0) is 12.8 Å². The van der Waals surface area contributed by atoms with Crippen molar-refractivity contribution in [2.75, 3.05) is 31.1 Å². The Kier molecular flexibility index (Phi) is 4.01. The summed E-state index contributed by atoms with van der Waals surface area (Å²) in [5.74, 6) is 1.40. The number of rotatable bonds is 4. The second kappa shape index (κ2) is 6.66. The van der Waals surface area contributed by atoms with Crippen LogP contribution >= 0.6 is 0 Å². The van der Waals surface area contributed by atoms with Gasteiger partial charge in [0.2, 0.25) is 0 Å². The van der Waals surface area contributed by atoms with E-state index in [0.29, 0.717) is 11.5 Å². The molecule has 1 aliphatic heterocycles. The van der Waals surface area contributed by atoms with Crippen LogP contribution in [0.3, 0.4) is 0 Å². The van der Waals surface area contributed by atoms with Crippen molar-refractivity contribution in [2.45, 2.75) is 25.3 Å². The van der Waals surface area contributed by atoms with E-state index < -0.39 is 0 Å². The molecule has 4 heterocycles. The molecule has 0 radical (unpaired) electrons. The minimum Gasteiger partial charge on any atom is -0.354 e. The van der Waals surface area contributed by atoms with Gasteiger partial charge in [0, 0.05) is 56.9 Å². The van der Waals surface area contributed by atoms with Crippen LogP contribution in [0.15, 0.2) is 42.1 Å². The first kappa shape index (κ1) is 16.2. The van der Waals surface area contributed by atoms with Crippen LogP contribution in [0.25, 0.3) is 11.5 Å². The van der Waals surface area contributed by atoms with Crippen molar-refractivity contribution in [1.82, 2.24) is 34.2 Å². The molecule has 0 bridgehead atoms. The lowest BCUT2D eigenvalue weighted by Crippen LogP contribution is -2.52. The number of hydrogen-bond acceptors (Lipinski definition) is 6. The van der Waals surface area contributed by atoms with Gasteiger partial charge in [0.25, 0.3) is 5.56 Å². The smallest absolute Gasteiger partial charge is 0.296 e. The van der Waals surface area contributed by atoms with Gasteiger partial charge in [-0.3, -0.25) is 19.4 Å². The standard InChI is InChI=1S/C18H22N8O/c27-18-15(25-5-4-19-13-25)11-22-26(18)17-10-16(20-12-21-17)24-8-6-23(7-9-24)14-2-1-3-14/h4-5,10-14,22H,1-3,6-9H2. The van der Waals surface area contributed by atoms with Crippen molar-refractivity contribution in [2.24, 2.45) is 0 Å².